The molecular weight excluding hydrogens is 432 g/mol. The van der Waals surface area contributed by atoms with Crippen LogP contribution in [0.1, 0.15) is 11.1 Å². The van der Waals surface area contributed by atoms with Crippen LogP contribution in [0.15, 0.2) is 42.0 Å². The smallest absolute Gasteiger partial charge is 0.138 e. The van der Waals surface area contributed by atoms with E-state index in [1.54, 1.807) is 11.3 Å². The number of rotatable bonds is 5. The van der Waals surface area contributed by atoms with Crippen LogP contribution < -0.4 is 5.73 Å². The van der Waals surface area contributed by atoms with Crippen LogP contribution in [0.2, 0.25) is 5.15 Å². The first-order valence-corrected chi connectivity index (χ1v) is 11.3. The lowest BCUT2D eigenvalue weighted by molar-refractivity contribution is -0.115. The summed E-state index contributed by atoms with van der Waals surface area (Å²) in [6, 6.07) is 9.89. The number of nitrogens with two attached hydrogens (primary N) is 1. The van der Waals surface area contributed by atoms with E-state index in [0.717, 1.165) is 51.6 Å². The van der Waals surface area contributed by atoms with Crippen molar-refractivity contribution in [2.45, 2.75) is 19.1 Å². The zero-order valence-corrected chi connectivity index (χ0v) is 18.3. The molecule has 0 amide bonds. The first-order chi connectivity index (χ1) is 15.1. The van der Waals surface area contributed by atoms with E-state index in [9.17, 15) is 4.79 Å². The molecule has 3 aromatic heterocycles. The Balaban J connectivity index is 1.29. The second-order valence-corrected chi connectivity index (χ2v) is 9.07. The third kappa shape index (κ3) is 4.12. The van der Waals surface area contributed by atoms with Gasteiger partial charge < -0.3 is 10.5 Å². The minimum atomic E-state index is -0.183. The first-order valence-electron chi connectivity index (χ1n) is 10.0. The van der Waals surface area contributed by atoms with E-state index in [4.69, 9.17) is 17.3 Å². The summed E-state index contributed by atoms with van der Waals surface area (Å²) in [4.78, 5) is 29.2. The summed E-state index contributed by atoms with van der Waals surface area (Å²) in [5.41, 5.74) is 9.77. The van der Waals surface area contributed by atoms with Crippen molar-refractivity contribution >= 4 is 56.2 Å². The second-order valence-electron chi connectivity index (χ2n) is 7.76. The quantitative estimate of drug-likeness (QED) is 0.367. The van der Waals surface area contributed by atoms with Gasteiger partial charge in [-0.05, 0) is 35.2 Å². The molecule has 1 aliphatic heterocycles. The zero-order valence-electron chi connectivity index (χ0n) is 16.7. The predicted molar refractivity (Wildman–Crippen MR) is 124 cm³/mol. The summed E-state index contributed by atoms with van der Waals surface area (Å²) in [5.74, 6) is 0.477. The van der Waals surface area contributed by atoms with Crippen LogP contribution in [-0.4, -0.2) is 56.7 Å². The van der Waals surface area contributed by atoms with E-state index >= 15 is 0 Å². The van der Waals surface area contributed by atoms with Crippen LogP contribution in [0.3, 0.4) is 0 Å². The fourth-order valence-electron chi connectivity index (χ4n) is 4.09. The monoisotopic (exact) mass is 452 g/mol. The van der Waals surface area contributed by atoms with Crippen LogP contribution in [0.4, 0.5) is 5.82 Å². The van der Waals surface area contributed by atoms with Crippen molar-refractivity contribution < 1.29 is 4.79 Å². The molecule has 2 N–H and O–H groups in total. The van der Waals surface area contributed by atoms with Crippen molar-refractivity contribution in [1.29, 1.82) is 0 Å². The molecule has 1 atom stereocenters. The number of benzene rings is 1. The number of aldehydes is 1. The van der Waals surface area contributed by atoms with E-state index in [-0.39, 0.29) is 6.04 Å². The minimum Gasteiger partial charge on any atom is -0.383 e. The fraction of sp³-hybridized carbons (Fsp3) is 0.273. The number of hydrogen-bond donors (Lipinski definition) is 1. The van der Waals surface area contributed by atoms with Crippen molar-refractivity contribution in [3.05, 3.63) is 58.3 Å². The number of fused-ring (bicyclic) bond motifs is 2. The van der Waals surface area contributed by atoms with Gasteiger partial charge in [-0.3, -0.25) is 9.80 Å². The second kappa shape index (κ2) is 8.47. The molecule has 9 heteroatoms. The number of pyridine rings is 1. The molecule has 4 aromatic rings. The Labute approximate surface area is 188 Å². The lowest BCUT2D eigenvalue weighted by Crippen LogP contribution is -2.53. The molecule has 7 nitrogen and oxygen atoms in total. The predicted octanol–water partition coefficient (Wildman–Crippen LogP) is 3.36. The number of halogens is 1. The lowest BCUT2D eigenvalue weighted by Gasteiger charge is -2.39. The Morgan fingerprint density at radius 3 is 2.94 bits per heavy atom. The molecule has 1 unspecified atom stereocenters. The topological polar surface area (TPSA) is 88.2 Å². The van der Waals surface area contributed by atoms with Gasteiger partial charge in [0.15, 0.2) is 0 Å². The van der Waals surface area contributed by atoms with Crippen LogP contribution in [-0.2, 0) is 17.9 Å². The van der Waals surface area contributed by atoms with E-state index in [2.05, 4.69) is 30.8 Å². The molecule has 1 aliphatic rings. The van der Waals surface area contributed by atoms with Crippen LogP contribution in [0.5, 0.6) is 0 Å². The molecule has 0 aliphatic carbocycles. The number of nitrogens with zero attached hydrogens (tertiary/aromatic N) is 5. The molecular formula is C22H21ClN6OS. The average molecular weight is 453 g/mol. The molecule has 4 heterocycles. The Kier molecular flexibility index (Phi) is 5.54. The molecule has 0 bridgehead atoms. The maximum Gasteiger partial charge on any atom is 0.138 e. The van der Waals surface area contributed by atoms with Gasteiger partial charge >= 0.3 is 0 Å². The first kappa shape index (κ1) is 20.3. The number of anilines is 1. The van der Waals surface area contributed by atoms with E-state index in [1.165, 1.54) is 6.33 Å². The Hall–Kier alpha value is -2.65. The van der Waals surface area contributed by atoms with Gasteiger partial charge in [0.2, 0.25) is 0 Å². The van der Waals surface area contributed by atoms with E-state index in [1.807, 2.05) is 29.6 Å². The highest BCUT2D eigenvalue weighted by atomic mass is 35.5. The van der Waals surface area contributed by atoms with Crippen molar-refractivity contribution in [2.24, 2.45) is 0 Å². The molecule has 0 radical (unpaired) electrons. The highest BCUT2D eigenvalue weighted by Gasteiger charge is 2.27. The lowest BCUT2D eigenvalue weighted by atomic mass is 10.1. The van der Waals surface area contributed by atoms with E-state index < -0.39 is 0 Å². The normalized spacial score (nSPS) is 18.0. The average Bonchev–Trinajstić information content (AvgIpc) is 3.22. The molecule has 31 heavy (non-hydrogen) atoms. The van der Waals surface area contributed by atoms with Gasteiger partial charge in [0.05, 0.1) is 21.8 Å². The van der Waals surface area contributed by atoms with Crippen molar-refractivity contribution in [3.8, 4) is 0 Å². The van der Waals surface area contributed by atoms with Gasteiger partial charge in [-0.2, -0.15) is 0 Å². The Bertz CT molecular complexity index is 1260. The summed E-state index contributed by atoms with van der Waals surface area (Å²) in [6.45, 7) is 3.67. The van der Waals surface area contributed by atoms with Crippen molar-refractivity contribution in [1.82, 2.24) is 24.8 Å². The summed E-state index contributed by atoms with van der Waals surface area (Å²) in [5, 5.41) is 3.40. The third-order valence-corrected chi connectivity index (χ3v) is 6.93. The summed E-state index contributed by atoms with van der Waals surface area (Å²) in [6.07, 6.45) is 2.51. The van der Waals surface area contributed by atoms with Gasteiger partial charge in [-0.25, -0.2) is 15.0 Å². The molecule has 0 saturated carbocycles. The molecule has 158 valence electrons. The number of thiophene rings is 1. The highest BCUT2D eigenvalue weighted by molar-refractivity contribution is 7.17. The Morgan fingerprint density at radius 1 is 1.16 bits per heavy atom. The van der Waals surface area contributed by atoms with E-state index in [0.29, 0.717) is 30.6 Å². The number of carbonyl (C=O) groups excluding carboxylic acids is 1. The number of piperazine rings is 1. The SMILES string of the molecule is Nc1ncnc2cc(CN3CCN(Cc4cc5sccc5nc4Cl)CC3C=O)ccc12. The summed E-state index contributed by atoms with van der Waals surface area (Å²) in [7, 11) is 0. The highest BCUT2D eigenvalue weighted by Crippen LogP contribution is 2.26. The van der Waals surface area contributed by atoms with Gasteiger partial charge in [0.25, 0.3) is 0 Å². The van der Waals surface area contributed by atoms with Gasteiger partial charge in [-0.1, -0.05) is 17.7 Å². The van der Waals surface area contributed by atoms with Crippen molar-refractivity contribution in [2.75, 3.05) is 25.4 Å². The third-order valence-electron chi connectivity index (χ3n) is 5.75. The van der Waals surface area contributed by atoms with Crippen LogP contribution >= 0.6 is 22.9 Å². The largest absolute Gasteiger partial charge is 0.383 e. The fourth-order valence-corrected chi connectivity index (χ4v) is 5.09. The van der Waals surface area contributed by atoms with Gasteiger partial charge in [0.1, 0.15) is 23.6 Å². The summed E-state index contributed by atoms with van der Waals surface area (Å²) < 4.78 is 1.13. The molecule has 5 rings (SSSR count). The van der Waals surface area contributed by atoms with Crippen molar-refractivity contribution in [3.63, 3.8) is 0 Å². The number of carbonyl (C=O) groups is 1. The van der Waals surface area contributed by atoms with Crippen LogP contribution in [0.25, 0.3) is 21.1 Å². The minimum absolute atomic E-state index is 0.183. The maximum absolute atomic E-state index is 11.9. The maximum atomic E-state index is 11.9. The molecule has 1 fully saturated rings. The molecule has 1 aromatic carbocycles. The Morgan fingerprint density at radius 2 is 2.06 bits per heavy atom. The number of aromatic nitrogens is 3. The van der Waals surface area contributed by atoms with Gasteiger partial charge in [-0.15, -0.1) is 11.3 Å². The van der Waals surface area contributed by atoms with Crippen LogP contribution in [0, 0.1) is 0 Å². The number of hydrogen-bond acceptors (Lipinski definition) is 8. The zero-order chi connectivity index (χ0) is 21.4. The van der Waals surface area contributed by atoms with Gasteiger partial charge in [0, 0.05) is 43.7 Å². The summed E-state index contributed by atoms with van der Waals surface area (Å²) >= 11 is 8.07. The molecule has 1 saturated heterocycles. The standard InChI is InChI=1S/C22H21ClN6OS/c23-21-15(8-20-18(27-21)3-6-31-20)10-28-4-5-29(16(11-28)12-30)9-14-1-2-17-19(7-14)25-13-26-22(17)24/h1-3,6-8,12-13,16H,4-5,9-11H2,(H2,24,25,26). The number of nitrogen functional groups attached to an aromatic ring is 1. The molecule has 0 spiro atoms.